The van der Waals surface area contributed by atoms with E-state index in [4.69, 9.17) is 5.73 Å². The summed E-state index contributed by atoms with van der Waals surface area (Å²) in [7, 11) is 1.73. The van der Waals surface area contributed by atoms with Gasteiger partial charge >= 0.3 is 0 Å². The van der Waals surface area contributed by atoms with E-state index in [0.717, 1.165) is 12.5 Å². The van der Waals surface area contributed by atoms with Crippen molar-refractivity contribution in [1.29, 1.82) is 0 Å². The molecule has 2 fully saturated rings. The van der Waals surface area contributed by atoms with Gasteiger partial charge in [-0.15, -0.1) is 0 Å². The zero-order valence-corrected chi connectivity index (χ0v) is 10.1. The molecule has 0 aromatic carbocycles. The van der Waals surface area contributed by atoms with Crippen LogP contribution in [-0.2, 0) is 7.05 Å². The fraction of sp³-hybridized carbons (Fsp3) is 0.667. The van der Waals surface area contributed by atoms with Gasteiger partial charge in [-0.1, -0.05) is 0 Å². The maximum Gasteiger partial charge on any atom is 0.256 e. The topological polar surface area (TPSA) is 72.9 Å². The molecular weight excluding hydrogens is 216 g/mol. The molecule has 1 heterocycles. The van der Waals surface area contributed by atoms with Crippen molar-refractivity contribution in [3.63, 3.8) is 0 Å². The Morgan fingerprint density at radius 2 is 2.35 bits per heavy atom. The van der Waals surface area contributed by atoms with E-state index in [1.54, 1.807) is 7.05 Å². The second-order valence-electron chi connectivity index (χ2n) is 5.39. The van der Waals surface area contributed by atoms with Crippen molar-refractivity contribution in [3.05, 3.63) is 11.8 Å². The lowest BCUT2D eigenvalue weighted by atomic mass is 10.0. The molecule has 2 saturated carbocycles. The standard InChI is InChI=1S/C12H18N4O/c1-16-10(13)9(6-15-16)11(17)14-7-12(4-5-12)8-2-3-8/h6,8H,2-5,7,13H2,1H3,(H,14,17). The highest BCUT2D eigenvalue weighted by Gasteiger charge is 2.53. The fourth-order valence-electron chi connectivity index (χ4n) is 2.56. The average molecular weight is 234 g/mol. The molecule has 5 heteroatoms. The molecule has 1 aromatic heterocycles. The molecule has 0 saturated heterocycles. The van der Waals surface area contributed by atoms with Crippen LogP contribution in [-0.4, -0.2) is 22.2 Å². The lowest BCUT2D eigenvalue weighted by molar-refractivity contribution is 0.0943. The quantitative estimate of drug-likeness (QED) is 0.813. The molecule has 0 radical (unpaired) electrons. The van der Waals surface area contributed by atoms with Crippen LogP contribution in [0.2, 0.25) is 0 Å². The molecule has 0 aliphatic heterocycles. The molecule has 0 spiro atoms. The summed E-state index contributed by atoms with van der Waals surface area (Å²) in [5, 5.41) is 6.98. The van der Waals surface area contributed by atoms with Gasteiger partial charge < -0.3 is 11.1 Å². The molecule has 17 heavy (non-hydrogen) atoms. The second-order valence-corrected chi connectivity index (χ2v) is 5.39. The summed E-state index contributed by atoms with van der Waals surface area (Å²) in [6, 6.07) is 0. The number of aryl methyl sites for hydroxylation is 1. The summed E-state index contributed by atoms with van der Waals surface area (Å²) >= 11 is 0. The SMILES string of the molecule is Cn1ncc(C(=O)NCC2(C3CC3)CC2)c1N. The van der Waals surface area contributed by atoms with E-state index in [-0.39, 0.29) is 5.91 Å². The monoisotopic (exact) mass is 234 g/mol. The van der Waals surface area contributed by atoms with Crippen LogP contribution < -0.4 is 11.1 Å². The largest absolute Gasteiger partial charge is 0.383 e. The molecule has 3 rings (SSSR count). The third-order valence-corrected chi connectivity index (χ3v) is 4.17. The van der Waals surface area contributed by atoms with Gasteiger partial charge in [0.1, 0.15) is 11.4 Å². The van der Waals surface area contributed by atoms with E-state index in [2.05, 4.69) is 10.4 Å². The number of nitrogen functional groups attached to an aromatic ring is 1. The average Bonchev–Trinajstić information content (AvgIpc) is 3.18. The highest BCUT2D eigenvalue weighted by atomic mass is 16.1. The summed E-state index contributed by atoms with van der Waals surface area (Å²) in [5.74, 6) is 1.19. The van der Waals surface area contributed by atoms with Crippen LogP contribution in [0.15, 0.2) is 6.20 Å². The van der Waals surface area contributed by atoms with E-state index >= 15 is 0 Å². The van der Waals surface area contributed by atoms with Crippen molar-refractivity contribution >= 4 is 11.7 Å². The lowest BCUT2D eigenvalue weighted by Crippen LogP contribution is -2.31. The number of hydrogen-bond acceptors (Lipinski definition) is 3. The van der Waals surface area contributed by atoms with Crippen LogP contribution >= 0.6 is 0 Å². The minimum atomic E-state index is -0.0949. The van der Waals surface area contributed by atoms with Gasteiger partial charge in [-0.3, -0.25) is 9.48 Å². The van der Waals surface area contributed by atoms with Crippen LogP contribution in [0, 0.1) is 11.3 Å². The Hall–Kier alpha value is -1.52. The van der Waals surface area contributed by atoms with Gasteiger partial charge in [-0.25, -0.2) is 0 Å². The van der Waals surface area contributed by atoms with Crippen LogP contribution in [0.1, 0.15) is 36.0 Å². The zero-order valence-electron chi connectivity index (χ0n) is 10.1. The Kier molecular flexibility index (Phi) is 2.18. The molecular formula is C12H18N4O. The Morgan fingerprint density at radius 3 is 2.82 bits per heavy atom. The Labute approximate surface area is 100 Å². The summed E-state index contributed by atoms with van der Waals surface area (Å²) in [5.41, 5.74) is 6.68. The van der Waals surface area contributed by atoms with E-state index < -0.39 is 0 Å². The molecule has 0 bridgehead atoms. The van der Waals surface area contributed by atoms with Crippen LogP contribution in [0.5, 0.6) is 0 Å². The molecule has 92 valence electrons. The maximum atomic E-state index is 12.0. The number of aromatic nitrogens is 2. The summed E-state index contributed by atoms with van der Waals surface area (Å²) in [6.07, 6.45) is 6.73. The van der Waals surface area contributed by atoms with Crippen molar-refractivity contribution in [3.8, 4) is 0 Å². The van der Waals surface area contributed by atoms with Gasteiger partial charge in [-0.05, 0) is 37.0 Å². The Morgan fingerprint density at radius 1 is 1.65 bits per heavy atom. The predicted molar refractivity (Wildman–Crippen MR) is 64.3 cm³/mol. The first kappa shape index (κ1) is 10.6. The number of amides is 1. The number of nitrogens with zero attached hydrogens (tertiary/aromatic N) is 2. The number of carbonyl (C=O) groups excluding carboxylic acids is 1. The summed E-state index contributed by atoms with van der Waals surface area (Å²) in [6.45, 7) is 0.796. The third kappa shape index (κ3) is 1.79. The molecule has 1 amide bonds. The zero-order chi connectivity index (χ0) is 12.0. The Bertz CT molecular complexity index is 457. The van der Waals surface area contributed by atoms with Gasteiger partial charge in [0.05, 0.1) is 6.20 Å². The maximum absolute atomic E-state index is 12.0. The summed E-state index contributed by atoms with van der Waals surface area (Å²) < 4.78 is 1.52. The fourth-order valence-corrected chi connectivity index (χ4v) is 2.56. The number of nitrogens with two attached hydrogens (primary N) is 1. The number of nitrogens with one attached hydrogen (secondary N) is 1. The van der Waals surface area contributed by atoms with Crippen molar-refractivity contribution in [2.45, 2.75) is 25.7 Å². The van der Waals surface area contributed by atoms with Crippen molar-refractivity contribution < 1.29 is 4.79 Å². The lowest BCUT2D eigenvalue weighted by Gasteiger charge is -2.14. The summed E-state index contributed by atoms with van der Waals surface area (Å²) in [4.78, 5) is 12.0. The third-order valence-electron chi connectivity index (χ3n) is 4.17. The normalized spacial score (nSPS) is 21.2. The van der Waals surface area contributed by atoms with Crippen LogP contribution in [0.25, 0.3) is 0 Å². The highest BCUT2D eigenvalue weighted by molar-refractivity contribution is 5.98. The van der Waals surface area contributed by atoms with Gasteiger partial charge in [0.25, 0.3) is 5.91 Å². The van der Waals surface area contributed by atoms with Crippen LogP contribution in [0.4, 0.5) is 5.82 Å². The molecule has 2 aliphatic carbocycles. The van der Waals surface area contributed by atoms with Crippen molar-refractivity contribution in [1.82, 2.24) is 15.1 Å². The van der Waals surface area contributed by atoms with Crippen molar-refractivity contribution in [2.24, 2.45) is 18.4 Å². The first-order valence-electron chi connectivity index (χ1n) is 6.18. The smallest absolute Gasteiger partial charge is 0.256 e. The number of carbonyl (C=O) groups is 1. The van der Waals surface area contributed by atoms with Gasteiger partial charge in [0, 0.05) is 13.6 Å². The van der Waals surface area contributed by atoms with Gasteiger partial charge in [0.15, 0.2) is 0 Å². The first-order chi connectivity index (χ1) is 8.12. The number of rotatable bonds is 4. The molecule has 5 nitrogen and oxygen atoms in total. The molecule has 3 N–H and O–H groups in total. The minimum Gasteiger partial charge on any atom is -0.383 e. The molecule has 2 aliphatic rings. The molecule has 0 atom stereocenters. The molecule has 1 aromatic rings. The van der Waals surface area contributed by atoms with Gasteiger partial charge in [0.2, 0.25) is 0 Å². The Balaban J connectivity index is 1.62. The van der Waals surface area contributed by atoms with Crippen LogP contribution in [0.3, 0.4) is 0 Å². The van der Waals surface area contributed by atoms with Gasteiger partial charge in [-0.2, -0.15) is 5.10 Å². The van der Waals surface area contributed by atoms with E-state index in [0.29, 0.717) is 16.8 Å². The first-order valence-corrected chi connectivity index (χ1v) is 6.18. The van der Waals surface area contributed by atoms with E-state index in [1.165, 1.54) is 36.6 Å². The van der Waals surface area contributed by atoms with E-state index in [1.807, 2.05) is 0 Å². The highest BCUT2D eigenvalue weighted by Crippen LogP contribution is 2.60. The second kappa shape index (κ2) is 3.48. The molecule has 0 unspecified atom stereocenters. The predicted octanol–water partition coefficient (Wildman–Crippen LogP) is 0.922. The van der Waals surface area contributed by atoms with Crippen molar-refractivity contribution in [2.75, 3.05) is 12.3 Å². The van der Waals surface area contributed by atoms with E-state index in [9.17, 15) is 4.79 Å². The number of anilines is 1. The minimum absolute atomic E-state index is 0.0949. The number of hydrogen-bond donors (Lipinski definition) is 2.